The van der Waals surface area contributed by atoms with E-state index in [1.807, 2.05) is 12.1 Å². The number of benzene rings is 4. The number of rotatable bonds is 21. The zero-order valence-corrected chi connectivity index (χ0v) is 42.1. The smallest absolute Gasteiger partial charge is 0.115 e. The molecule has 1 saturated heterocycles. The molecule has 0 amide bonds. The number of fused-ring (bicyclic) bond motifs is 5. The highest BCUT2D eigenvalue weighted by molar-refractivity contribution is 5.26. The number of allylic oxidation sites excluding steroid dienone is 1. The van der Waals surface area contributed by atoms with Crippen molar-refractivity contribution in [3.63, 3.8) is 0 Å². The van der Waals surface area contributed by atoms with Crippen molar-refractivity contribution in [3.05, 3.63) is 155 Å². The average Bonchev–Trinajstić information content (AvgIpc) is 3.72. The summed E-state index contributed by atoms with van der Waals surface area (Å²) in [5, 5.41) is 4.11. The zero-order valence-electron chi connectivity index (χ0n) is 42.1. The fourth-order valence-corrected chi connectivity index (χ4v) is 14.2. The molecule has 4 fully saturated rings. The van der Waals surface area contributed by atoms with Gasteiger partial charge in [-0.15, -0.1) is 0 Å². The van der Waals surface area contributed by atoms with Crippen LogP contribution in [-0.2, 0) is 50.1 Å². The Morgan fingerprint density at radius 1 is 0.603 bits per heavy atom. The molecule has 1 N–H and O–H groups in total. The summed E-state index contributed by atoms with van der Waals surface area (Å²) in [7, 11) is 0. The average molecular weight is 922 g/mol. The third-order valence-corrected chi connectivity index (χ3v) is 17.9. The summed E-state index contributed by atoms with van der Waals surface area (Å²) >= 11 is 0. The van der Waals surface area contributed by atoms with Gasteiger partial charge in [0.15, 0.2) is 0 Å². The van der Waals surface area contributed by atoms with Crippen molar-refractivity contribution < 1.29 is 23.7 Å². The summed E-state index contributed by atoms with van der Waals surface area (Å²) in [5.74, 6) is 5.07. The molecule has 3 saturated carbocycles. The molecule has 4 aromatic rings. The van der Waals surface area contributed by atoms with Crippen LogP contribution in [0.15, 0.2) is 133 Å². The van der Waals surface area contributed by atoms with Gasteiger partial charge in [-0.2, -0.15) is 0 Å². The lowest BCUT2D eigenvalue weighted by Gasteiger charge is -2.58. The summed E-state index contributed by atoms with van der Waals surface area (Å²) < 4.78 is 34.9. The van der Waals surface area contributed by atoms with Crippen LogP contribution in [0.5, 0.6) is 0 Å². The van der Waals surface area contributed by atoms with Gasteiger partial charge in [-0.1, -0.05) is 187 Å². The monoisotopic (exact) mass is 922 g/mol. The lowest BCUT2D eigenvalue weighted by Crippen LogP contribution is -2.63. The number of ether oxygens (including phenoxy) is 5. The van der Waals surface area contributed by atoms with E-state index in [-0.39, 0.29) is 12.2 Å². The van der Waals surface area contributed by atoms with Gasteiger partial charge in [0, 0.05) is 12.6 Å². The number of hydrogen-bond acceptors (Lipinski definition) is 6. The van der Waals surface area contributed by atoms with Crippen molar-refractivity contribution in [2.75, 3.05) is 13.2 Å². The van der Waals surface area contributed by atoms with Crippen molar-refractivity contribution in [1.82, 2.24) is 5.32 Å². The highest BCUT2D eigenvalue weighted by Crippen LogP contribution is 2.67. The van der Waals surface area contributed by atoms with Crippen LogP contribution in [0.4, 0.5) is 0 Å². The lowest BCUT2D eigenvalue weighted by molar-refractivity contribution is -0.271. The minimum absolute atomic E-state index is 0.293. The van der Waals surface area contributed by atoms with Crippen molar-refractivity contribution in [3.8, 4) is 0 Å². The van der Waals surface area contributed by atoms with Gasteiger partial charge < -0.3 is 29.0 Å². The molecule has 1 heterocycles. The molecule has 0 bridgehead atoms. The van der Waals surface area contributed by atoms with Gasteiger partial charge in [-0.25, -0.2) is 0 Å². The van der Waals surface area contributed by atoms with Crippen molar-refractivity contribution in [2.45, 2.75) is 168 Å². The molecule has 1 aliphatic heterocycles. The van der Waals surface area contributed by atoms with Crippen LogP contribution in [0.3, 0.4) is 0 Å². The maximum atomic E-state index is 7.27. The van der Waals surface area contributed by atoms with Crippen molar-refractivity contribution >= 4 is 0 Å². The van der Waals surface area contributed by atoms with E-state index in [4.69, 9.17) is 23.7 Å². The summed E-state index contributed by atoms with van der Waals surface area (Å²) in [6, 6.07) is 42.1. The molecule has 5 aliphatic rings. The second-order valence-corrected chi connectivity index (χ2v) is 22.6. The summed E-state index contributed by atoms with van der Waals surface area (Å²) in [5.41, 5.74) is 7.00. The van der Waals surface area contributed by atoms with E-state index >= 15 is 0 Å². The van der Waals surface area contributed by atoms with Crippen LogP contribution in [0.1, 0.15) is 128 Å². The highest BCUT2D eigenvalue weighted by atomic mass is 16.6. The maximum absolute atomic E-state index is 7.27. The molecule has 7 unspecified atom stereocenters. The Bertz CT molecular complexity index is 2150. The number of nitrogens with one attached hydrogen (secondary N) is 1. The van der Waals surface area contributed by atoms with Crippen molar-refractivity contribution in [1.29, 1.82) is 0 Å². The molecule has 0 radical (unpaired) electrons. The Morgan fingerprint density at radius 3 is 1.75 bits per heavy atom. The van der Waals surface area contributed by atoms with Gasteiger partial charge in [-0.05, 0) is 120 Å². The fraction of sp³-hybridized carbons (Fsp3) is 0.581. The summed E-state index contributed by atoms with van der Waals surface area (Å²) in [4.78, 5) is 0. The lowest BCUT2D eigenvalue weighted by atomic mass is 9.47. The normalized spacial score (nSPS) is 32.8. The van der Waals surface area contributed by atoms with Gasteiger partial charge in [0.2, 0.25) is 0 Å². The SMILES string of the molecule is CC(C)CCC[C@@H](C)C1CC[C@H]2[C@@H]3CC=C4CC(NCC5OC(COCc6ccccc6)C(OCc6ccccc6)C(OCc6ccccc6)C5OCc5ccccc5)CC[C@]4(C)[C@H]3CC[C@]12C. The molecule has 0 aromatic heterocycles. The first-order chi connectivity index (χ1) is 33.2. The second kappa shape index (κ2) is 23.1. The topological polar surface area (TPSA) is 58.2 Å². The summed E-state index contributed by atoms with van der Waals surface area (Å²) in [6.45, 7) is 15.6. The van der Waals surface area contributed by atoms with E-state index in [0.717, 1.165) is 64.2 Å². The molecule has 366 valence electrons. The third kappa shape index (κ3) is 11.6. The Hall–Kier alpha value is -3.62. The molecule has 13 atom stereocenters. The van der Waals surface area contributed by atoms with Gasteiger partial charge in [0.05, 0.1) is 39.1 Å². The van der Waals surface area contributed by atoms with Gasteiger partial charge in [0.25, 0.3) is 0 Å². The minimum atomic E-state index is -0.442. The van der Waals surface area contributed by atoms with Gasteiger partial charge in [-0.3, -0.25) is 0 Å². The molecule has 0 spiro atoms. The number of hydrogen-bond donors (Lipinski definition) is 1. The molecule has 4 aromatic carbocycles. The highest BCUT2D eigenvalue weighted by Gasteiger charge is 2.59. The van der Waals surface area contributed by atoms with Crippen LogP contribution in [-0.4, -0.2) is 49.7 Å². The molecular weight excluding hydrogens is 839 g/mol. The van der Waals surface area contributed by atoms with Gasteiger partial charge >= 0.3 is 0 Å². The van der Waals surface area contributed by atoms with Gasteiger partial charge in [0.1, 0.15) is 24.4 Å². The Morgan fingerprint density at radius 2 is 1.16 bits per heavy atom. The molecule has 4 aliphatic carbocycles. The van der Waals surface area contributed by atoms with Crippen LogP contribution < -0.4 is 5.32 Å². The molecular formula is C62H83NO5. The molecule has 6 heteroatoms. The Labute approximate surface area is 410 Å². The molecule has 6 nitrogen and oxygen atoms in total. The first-order valence-corrected chi connectivity index (χ1v) is 26.8. The third-order valence-electron chi connectivity index (χ3n) is 17.9. The van der Waals surface area contributed by atoms with E-state index < -0.39 is 18.3 Å². The second-order valence-electron chi connectivity index (χ2n) is 22.6. The predicted octanol–water partition coefficient (Wildman–Crippen LogP) is 13.7. The summed E-state index contributed by atoms with van der Waals surface area (Å²) in [6.07, 6.45) is 15.5. The first-order valence-electron chi connectivity index (χ1n) is 26.8. The molecule has 68 heavy (non-hydrogen) atoms. The fourth-order valence-electron chi connectivity index (χ4n) is 14.2. The van der Waals surface area contributed by atoms with E-state index in [1.54, 1.807) is 5.57 Å². The van der Waals surface area contributed by atoms with E-state index in [2.05, 4.69) is 155 Å². The van der Waals surface area contributed by atoms with Crippen LogP contribution in [0.25, 0.3) is 0 Å². The Balaban J connectivity index is 0.931. The first kappa shape index (κ1) is 49.4. The zero-order chi connectivity index (χ0) is 46.9. The Kier molecular flexibility index (Phi) is 16.8. The molecule has 9 rings (SSSR count). The van der Waals surface area contributed by atoms with Crippen LogP contribution in [0.2, 0.25) is 0 Å². The standard InChI is InChI=1S/C62H83NO5/c1-44(2)19-18-20-45(3)53-31-32-54-52-30-29-50-37-51(33-35-61(50,4)55(52)34-36-62(53,54)5)63-38-56-58(65-40-47-23-12-7-13-24-47)60(67-42-49-27-16-9-17-28-49)59(66-41-48-25-14-8-15-26-48)57(68-56)43-64-39-46-21-10-6-11-22-46/h6-17,21-29,44-45,51-60,63H,18-20,30-43H2,1-5H3/t45-,51?,52+,53?,54+,55+,56?,57?,58?,59?,60?,61+,62-/m1/s1. The van der Waals surface area contributed by atoms with Crippen LogP contribution in [0, 0.1) is 46.3 Å². The quantitative estimate of drug-likeness (QED) is 0.0841. The van der Waals surface area contributed by atoms with E-state index in [9.17, 15) is 0 Å². The predicted molar refractivity (Wildman–Crippen MR) is 275 cm³/mol. The van der Waals surface area contributed by atoms with Crippen LogP contribution >= 0.6 is 0 Å². The van der Waals surface area contributed by atoms with E-state index in [1.165, 1.54) is 64.2 Å². The van der Waals surface area contributed by atoms with Crippen molar-refractivity contribution in [2.24, 2.45) is 46.3 Å². The maximum Gasteiger partial charge on any atom is 0.115 e. The largest absolute Gasteiger partial charge is 0.374 e. The minimum Gasteiger partial charge on any atom is -0.374 e. The van der Waals surface area contributed by atoms with E-state index in [0.29, 0.717) is 56.5 Å².